The molecule has 4 saturated carbocycles. The molecule has 9 unspecified atom stereocenters. The van der Waals surface area contributed by atoms with Crippen molar-refractivity contribution < 1.29 is 8.85 Å². The summed E-state index contributed by atoms with van der Waals surface area (Å²) in [5.41, 5.74) is 0.994. The molecule has 9 atom stereocenters. The van der Waals surface area contributed by atoms with Gasteiger partial charge in [0.05, 0.1) is 5.60 Å². The molecule has 0 amide bonds. The van der Waals surface area contributed by atoms with Crippen molar-refractivity contribution in [2.24, 2.45) is 40.4 Å². The highest BCUT2D eigenvalue weighted by Crippen LogP contribution is 2.70. The molecular formula is C27H52O2Si2. The van der Waals surface area contributed by atoms with E-state index in [0.29, 0.717) is 16.9 Å². The van der Waals surface area contributed by atoms with Crippen molar-refractivity contribution in [1.29, 1.82) is 0 Å². The Morgan fingerprint density at radius 3 is 2.00 bits per heavy atom. The highest BCUT2D eigenvalue weighted by molar-refractivity contribution is 6.70. The summed E-state index contributed by atoms with van der Waals surface area (Å²) < 4.78 is 13.6. The summed E-state index contributed by atoms with van der Waals surface area (Å²) in [6, 6.07) is 0. The van der Waals surface area contributed by atoms with Crippen molar-refractivity contribution in [2.45, 2.75) is 130 Å². The average molecular weight is 465 g/mol. The lowest BCUT2D eigenvalue weighted by Gasteiger charge is -2.64. The van der Waals surface area contributed by atoms with Crippen molar-refractivity contribution >= 4 is 16.6 Å². The molecule has 0 heterocycles. The summed E-state index contributed by atoms with van der Waals surface area (Å²) in [5, 5.41) is 0. The van der Waals surface area contributed by atoms with Crippen LogP contribution >= 0.6 is 0 Å². The summed E-state index contributed by atoms with van der Waals surface area (Å²) >= 11 is 0. The van der Waals surface area contributed by atoms with Gasteiger partial charge in [-0.05, 0) is 138 Å². The van der Waals surface area contributed by atoms with Crippen molar-refractivity contribution in [1.82, 2.24) is 0 Å². The minimum atomic E-state index is -1.56. The third-order valence-electron chi connectivity index (χ3n) is 10.6. The van der Waals surface area contributed by atoms with Crippen LogP contribution in [0.4, 0.5) is 0 Å². The van der Waals surface area contributed by atoms with Crippen LogP contribution in [0.3, 0.4) is 0 Å². The summed E-state index contributed by atoms with van der Waals surface area (Å²) in [4.78, 5) is 0. The van der Waals surface area contributed by atoms with Gasteiger partial charge in [-0.1, -0.05) is 20.8 Å². The lowest BCUT2D eigenvalue weighted by atomic mass is 9.42. The third kappa shape index (κ3) is 4.19. The molecule has 0 aromatic heterocycles. The van der Waals surface area contributed by atoms with E-state index in [2.05, 4.69) is 67.0 Å². The van der Waals surface area contributed by atoms with Gasteiger partial charge < -0.3 is 8.85 Å². The van der Waals surface area contributed by atoms with E-state index >= 15 is 0 Å². The Balaban J connectivity index is 1.57. The van der Waals surface area contributed by atoms with Crippen molar-refractivity contribution in [3.63, 3.8) is 0 Å². The lowest BCUT2D eigenvalue weighted by Crippen LogP contribution is -2.60. The molecule has 4 aliphatic rings. The van der Waals surface area contributed by atoms with E-state index in [4.69, 9.17) is 8.85 Å². The highest BCUT2D eigenvalue weighted by atomic mass is 28.4. The molecule has 2 nitrogen and oxygen atoms in total. The molecule has 0 aromatic carbocycles. The number of rotatable bonds is 4. The fourth-order valence-electron chi connectivity index (χ4n) is 9.28. The Labute approximate surface area is 195 Å². The second-order valence-electron chi connectivity index (χ2n) is 14.8. The first kappa shape index (κ1) is 24.5. The van der Waals surface area contributed by atoms with Gasteiger partial charge in [0.15, 0.2) is 16.6 Å². The number of hydrogen-bond donors (Lipinski definition) is 0. The molecular weight excluding hydrogens is 412 g/mol. The molecule has 0 N–H and O–H groups in total. The molecule has 4 fully saturated rings. The largest absolute Gasteiger partial charge is 0.415 e. The fraction of sp³-hybridized carbons (Fsp3) is 1.00. The van der Waals surface area contributed by atoms with Crippen LogP contribution in [0.1, 0.15) is 79.1 Å². The molecule has 4 heteroatoms. The molecule has 180 valence electrons. The molecule has 0 bridgehead atoms. The van der Waals surface area contributed by atoms with E-state index < -0.39 is 16.6 Å². The fourth-order valence-corrected chi connectivity index (χ4v) is 12.2. The van der Waals surface area contributed by atoms with Crippen LogP contribution in [-0.2, 0) is 8.85 Å². The number of fused-ring (bicyclic) bond motifs is 5. The summed E-state index contributed by atoms with van der Waals surface area (Å²) in [5.74, 6) is 4.40. The maximum Gasteiger partial charge on any atom is 0.184 e. The van der Waals surface area contributed by atoms with Gasteiger partial charge in [-0.2, -0.15) is 0 Å². The Morgan fingerprint density at radius 1 is 0.742 bits per heavy atom. The monoisotopic (exact) mass is 464 g/mol. The van der Waals surface area contributed by atoms with Gasteiger partial charge in [-0.25, -0.2) is 0 Å². The van der Waals surface area contributed by atoms with Gasteiger partial charge in [0.1, 0.15) is 0 Å². The Morgan fingerprint density at radius 2 is 1.39 bits per heavy atom. The predicted molar refractivity (Wildman–Crippen MR) is 137 cm³/mol. The SMILES string of the molecule is CC1CC2CC(O[Si](C)(C)C)CCC2(C)C2CCC3(C)C(CCC3(C)O[Si](C)(C)C)C12. The zero-order chi connectivity index (χ0) is 23.0. The Bertz CT molecular complexity index is 682. The maximum absolute atomic E-state index is 6.99. The van der Waals surface area contributed by atoms with Crippen LogP contribution in [0.15, 0.2) is 0 Å². The van der Waals surface area contributed by atoms with Gasteiger partial charge in [-0.15, -0.1) is 0 Å². The third-order valence-corrected chi connectivity index (χ3v) is 12.7. The highest BCUT2D eigenvalue weighted by Gasteiger charge is 2.65. The first-order valence-electron chi connectivity index (χ1n) is 13.5. The van der Waals surface area contributed by atoms with Crippen molar-refractivity contribution in [2.75, 3.05) is 0 Å². The molecule has 0 spiro atoms. The van der Waals surface area contributed by atoms with Gasteiger partial charge in [0.2, 0.25) is 0 Å². The van der Waals surface area contributed by atoms with Crippen molar-refractivity contribution in [3.05, 3.63) is 0 Å². The average Bonchev–Trinajstić information content (AvgIpc) is 2.84. The summed E-state index contributed by atoms with van der Waals surface area (Å²) in [7, 11) is -3.01. The first-order chi connectivity index (χ1) is 14.1. The van der Waals surface area contributed by atoms with E-state index in [1.54, 1.807) is 0 Å². The van der Waals surface area contributed by atoms with E-state index in [0.717, 1.165) is 29.6 Å². The van der Waals surface area contributed by atoms with Gasteiger partial charge in [-0.3, -0.25) is 0 Å². The summed E-state index contributed by atoms with van der Waals surface area (Å²) in [6.45, 7) is 24.7. The van der Waals surface area contributed by atoms with Gasteiger partial charge >= 0.3 is 0 Å². The van der Waals surface area contributed by atoms with Crippen LogP contribution in [0, 0.1) is 40.4 Å². The predicted octanol–water partition coefficient (Wildman–Crippen LogP) is 8.11. The quantitative estimate of drug-likeness (QED) is 0.391. The second-order valence-corrected chi connectivity index (χ2v) is 23.7. The van der Waals surface area contributed by atoms with E-state index in [1.807, 2.05) is 0 Å². The summed E-state index contributed by atoms with van der Waals surface area (Å²) in [6.07, 6.45) is 11.5. The molecule has 0 aliphatic heterocycles. The van der Waals surface area contributed by atoms with Crippen LogP contribution in [0.2, 0.25) is 39.3 Å². The topological polar surface area (TPSA) is 18.5 Å². The zero-order valence-electron chi connectivity index (χ0n) is 22.4. The van der Waals surface area contributed by atoms with E-state index in [-0.39, 0.29) is 5.60 Å². The smallest absolute Gasteiger partial charge is 0.184 e. The van der Waals surface area contributed by atoms with E-state index in [9.17, 15) is 0 Å². The first-order valence-corrected chi connectivity index (χ1v) is 20.3. The van der Waals surface area contributed by atoms with Gasteiger partial charge in [0.25, 0.3) is 0 Å². The zero-order valence-corrected chi connectivity index (χ0v) is 24.4. The van der Waals surface area contributed by atoms with Crippen LogP contribution < -0.4 is 0 Å². The van der Waals surface area contributed by atoms with Crippen LogP contribution in [-0.4, -0.2) is 28.3 Å². The molecule has 4 aliphatic carbocycles. The Kier molecular flexibility index (Phi) is 6.06. The van der Waals surface area contributed by atoms with Crippen molar-refractivity contribution in [3.8, 4) is 0 Å². The molecule has 4 rings (SSSR count). The minimum Gasteiger partial charge on any atom is -0.415 e. The van der Waals surface area contributed by atoms with Gasteiger partial charge in [0, 0.05) is 6.10 Å². The normalized spacial score (nSPS) is 50.5. The van der Waals surface area contributed by atoms with E-state index in [1.165, 1.54) is 51.4 Å². The molecule has 0 aromatic rings. The van der Waals surface area contributed by atoms with Crippen LogP contribution in [0.25, 0.3) is 0 Å². The molecule has 0 radical (unpaired) electrons. The number of hydrogen-bond acceptors (Lipinski definition) is 2. The minimum absolute atomic E-state index is 0.0907. The standard InChI is InChI=1S/C27H52O2Si2/c1-19-17-20-18-21(28-30(5,6)7)11-14-25(20,2)22-12-15-26(3)23(24(19)22)13-16-27(26,4)29-31(8,9)10/h19-24H,11-18H2,1-10H3. The van der Waals surface area contributed by atoms with Crippen LogP contribution in [0.5, 0.6) is 0 Å². The molecule has 31 heavy (non-hydrogen) atoms. The lowest BCUT2D eigenvalue weighted by molar-refractivity contribution is -0.165. The Hall–Kier alpha value is 0.354. The maximum atomic E-state index is 6.99. The molecule has 0 saturated heterocycles. The second kappa shape index (κ2) is 7.68.